The van der Waals surface area contributed by atoms with Crippen molar-refractivity contribution in [1.82, 2.24) is 0 Å². The molecular formula is C19H18O2S. The molecule has 0 aliphatic rings. The summed E-state index contributed by atoms with van der Waals surface area (Å²) >= 11 is 0. The molecule has 0 fully saturated rings. The Balaban J connectivity index is 1.97. The summed E-state index contributed by atoms with van der Waals surface area (Å²) in [5, 5.41) is 1.57. The molecule has 0 aromatic heterocycles. The summed E-state index contributed by atoms with van der Waals surface area (Å²) in [6.07, 6.45) is 0. The third-order valence-electron chi connectivity index (χ3n) is 4.04. The highest BCUT2D eigenvalue weighted by Gasteiger charge is 2.23. The summed E-state index contributed by atoms with van der Waals surface area (Å²) in [5.74, 6) is 0.0599. The first-order valence-electron chi connectivity index (χ1n) is 7.31. The molecule has 0 radical (unpaired) electrons. The van der Waals surface area contributed by atoms with E-state index in [-0.39, 0.29) is 5.75 Å². The maximum absolute atomic E-state index is 12.7. The third kappa shape index (κ3) is 2.90. The minimum atomic E-state index is -3.26. The van der Waals surface area contributed by atoms with Crippen molar-refractivity contribution in [2.24, 2.45) is 0 Å². The molecular weight excluding hydrogens is 292 g/mol. The first-order chi connectivity index (χ1) is 10.6. The van der Waals surface area contributed by atoms with Crippen molar-refractivity contribution in [3.05, 3.63) is 83.9 Å². The van der Waals surface area contributed by atoms with Crippen LogP contribution in [0.4, 0.5) is 0 Å². The monoisotopic (exact) mass is 310 g/mol. The van der Waals surface area contributed by atoms with E-state index in [2.05, 4.69) is 0 Å². The lowest BCUT2D eigenvalue weighted by Gasteiger charge is -2.14. The lowest BCUT2D eigenvalue weighted by Crippen LogP contribution is -2.13. The van der Waals surface area contributed by atoms with Crippen LogP contribution in [0.3, 0.4) is 0 Å². The molecule has 3 aromatic carbocycles. The quantitative estimate of drug-likeness (QED) is 0.710. The predicted molar refractivity (Wildman–Crippen MR) is 91.4 cm³/mol. The van der Waals surface area contributed by atoms with Crippen LogP contribution in [0.2, 0.25) is 0 Å². The van der Waals surface area contributed by atoms with Crippen molar-refractivity contribution >= 4 is 20.6 Å². The van der Waals surface area contributed by atoms with Gasteiger partial charge in [0.2, 0.25) is 0 Å². The lowest BCUT2D eigenvalue weighted by molar-refractivity contribution is 0.585. The summed E-state index contributed by atoms with van der Waals surface area (Å²) in [5.41, 5.74) is 1.70. The Kier molecular flexibility index (Phi) is 3.99. The van der Waals surface area contributed by atoms with Gasteiger partial charge in [0, 0.05) is 0 Å². The molecule has 0 aliphatic carbocycles. The molecule has 0 bridgehead atoms. The zero-order valence-electron chi connectivity index (χ0n) is 12.4. The number of hydrogen-bond acceptors (Lipinski definition) is 2. The minimum Gasteiger partial charge on any atom is -0.228 e. The van der Waals surface area contributed by atoms with Crippen LogP contribution in [0.5, 0.6) is 0 Å². The van der Waals surface area contributed by atoms with Gasteiger partial charge in [-0.1, -0.05) is 72.8 Å². The van der Waals surface area contributed by atoms with Crippen molar-refractivity contribution in [3.8, 4) is 0 Å². The van der Waals surface area contributed by atoms with E-state index < -0.39 is 15.1 Å². The molecule has 0 amide bonds. The Labute approximate surface area is 131 Å². The predicted octanol–water partition coefficient (Wildman–Crippen LogP) is 4.52. The number of benzene rings is 3. The molecule has 0 saturated carbocycles. The number of rotatable bonds is 4. The second-order valence-electron chi connectivity index (χ2n) is 5.50. The van der Waals surface area contributed by atoms with E-state index in [0.29, 0.717) is 0 Å². The highest BCUT2D eigenvalue weighted by molar-refractivity contribution is 7.90. The summed E-state index contributed by atoms with van der Waals surface area (Å²) in [7, 11) is -3.26. The fraction of sp³-hybridized carbons (Fsp3) is 0.158. The first-order valence-corrected chi connectivity index (χ1v) is 9.02. The molecule has 0 saturated heterocycles. The van der Waals surface area contributed by atoms with Gasteiger partial charge in [-0.3, -0.25) is 0 Å². The number of sulfone groups is 1. The molecule has 22 heavy (non-hydrogen) atoms. The Bertz CT molecular complexity index is 878. The smallest absolute Gasteiger partial charge is 0.161 e. The molecule has 3 rings (SSSR count). The molecule has 0 aliphatic heterocycles. The molecule has 1 atom stereocenters. The van der Waals surface area contributed by atoms with Gasteiger partial charge in [-0.25, -0.2) is 8.42 Å². The Hall–Kier alpha value is -2.13. The standard InChI is InChI=1S/C19H18O2S/c1-15(16-8-3-2-4-9-16)22(20,21)14-18-12-7-11-17-10-5-6-13-19(17)18/h2-13,15H,14H2,1H3. The summed E-state index contributed by atoms with van der Waals surface area (Å²) < 4.78 is 25.5. The van der Waals surface area contributed by atoms with Gasteiger partial charge in [0.25, 0.3) is 0 Å². The highest BCUT2D eigenvalue weighted by atomic mass is 32.2. The van der Waals surface area contributed by atoms with E-state index in [1.54, 1.807) is 6.92 Å². The summed E-state index contributed by atoms with van der Waals surface area (Å²) in [6.45, 7) is 1.76. The van der Waals surface area contributed by atoms with Crippen LogP contribution >= 0.6 is 0 Å². The van der Waals surface area contributed by atoms with Gasteiger partial charge in [0.15, 0.2) is 9.84 Å². The van der Waals surface area contributed by atoms with Crippen LogP contribution < -0.4 is 0 Å². The summed E-state index contributed by atoms with van der Waals surface area (Å²) in [4.78, 5) is 0. The van der Waals surface area contributed by atoms with Crippen LogP contribution in [-0.4, -0.2) is 8.42 Å². The molecule has 0 N–H and O–H groups in total. The van der Waals surface area contributed by atoms with Crippen LogP contribution in [0, 0.1) is 0 Å². The van der Waals surface area contributed by atoms with Crippen molar-refractivity contribution in [2.75, 3.05) is 0 Å². The van der Waals surface area contributed by atoms with Gasteiger partial charge < -0.3 is 0 Å². The zero-order valence-corrected chi connectivity index (χ0v) is 13.3. The average molecular weight is 310 g/mol. The van der Waals surface area contributed by atoms with Crippen LogP contribution in [0.1, 0.15) is 23.3 Å². The van der Waals surface area contributed by atoms with Crippen LogP contribution in [-0.2, 0) is 15.6 Å². The van der Waals surface area contributed by atoms with Crippen molar-refractivity contribution < 1.29 is 8.42 Å². The molecule has 3 heteroatoms. The Morgan fingerprint density at radius 2 is 1.45 bits per heavy atom. The fourth-order valence-electron chi connectivity index (χ4n) is 2.69. The zero-order chi connectivity index (χ0) is 15.6. The normalized spacial score (nSPS) is 13.1. The number of fused-ring (bicyclic) bond motifs is 1. The lowest BCUT2D eigenvalue weighted by atomic mass is 10.1. The van der Waals surface area contributed by atoms with Gasteiger partial charge in [0.05, 0.1) is 11.0 Å². The highest BCUT2D eigenvalue weighted by Crippen LogP contribution is 2.27. The topological polar surface area (TPSA) is 34.1 Å². The summed E-state index contributed by atoms with van der Waals surface area (Å²) in [6, 6.07) is 23.1. The largest absolute Gasteiger partial charge is 0.228 e. The average Bonchev–Trinajstić information content (AvgIpc) is 2.55. The van der Waals surface area contributed by atoms with E-state index in [1.165, 1.54) is 0 Å². The van der Waals surface area contributed by atoms with Gasteiger partial charge in [0.1, 0.15) is 0 Å². The maximum atomic E-state index is 12.7. The molecule has 2 nitrogen and oxygen atoms in total. The SMILES string of the molecule is CC(c1ccccc1)S(=O)(=O)Cc1cccc2ccccc12. The second kappa shape index (κ2) is 5.93. The van der Waals surface area contributed by atoms with E-state index in [9.17, 15) is 8.42 Å². The van der Waals surface area contributed by atoms with Gasteiger partial charge in [-0.15, -0.1) is 0 Å². The molecule has 0 spiro atoms. The number of hydrogen-bond donors (Lipinski definition) is 0. The van der Waals surface area contributed by atoms with Crippen molar-refractivity contribution in [1.29, 1.82) is 0 Å². The molecule has 112 valence electrons. The van der Waals surface area contributed by atoms with E-state index in [0.717, 1.165) is 21.9 Å². The second-order valence-corrected chi connectivity index (χ2v) is 7.82. The van der Waals surface area contributed by atoms with E-state index >= 15 is 0 Å². The molecule has 0 heterocycles. The van der Waals surface area contributed by atoms with E-state index in [1.807, 2.05) is 72.8 Å². The molecule has 1 unspecified atom stereocenters. The van der Waals surface area contributed by atoms with Crippen molar-refractivity contribution in [2.45, 2.75) is 17.9 Å². The van der Waals surface area contributed by atoms with E-state index in [4.69, 9.17) is 0 Å². The van der Waals surface area contributed by atoms with Crippen LogP contribution in [0.15, 0.2) is 72.8 Å². The fourth-order valence-corrected chi connectivity index (χ4v) is 4.20. The first kappa shape index (κ1) is 14.8. The Morgan fingerprint density at radius 1 is 0.818 bits per heavy atom. The van der Waals surface area contributed by atoms with Crippen molar-refractivity contribution in [3.63, 3.8) is 0 Å². The maximum Gasteiger partial charge on any atom is 0.161 e. The molecule has 3 aromatic rings. The minimum absolute atomic E-state index is 0.0599. The van der Waals surface area contributed by atoms with Crippen LogP contribution in [0.25, 0.3) is 10.8 Å². The van der Waals surface area contributed by atoms with Gasteiger partial charge in [-0.05, 0) is 28.8 Å². The Morgan fingerprint density at radius 3 is 2.23 bits per heavy atom. The van der Waals surface area contributed by atoms with Gasteiger partial charge >= 0.3 is 0 Å². The van der Waals surface area contributed by atoms with Gasteiger partial charge in [-0.2, -0.15) is 0 Å². The third-order valence-corrected chi connectivity index (χ3v) is 6.11.